The van der Waals surface area contributed by atoms with Gasteiger partial charge in [0.05, 0.1) is 23.6 Å². The molecule has 0 aliphatic carbocycles. The smallest absolute Gasteiger partial charge is 0.262 e. The molecule has 0 saturated carbocycles. The molecule has 164 valence electrons. The summed E-state index contributed by atoms with van der Waals surface area (Å²) < 4.78 is 1.58. The van der Waals surface area contributed by atoms with Crippen LogP contribution in [-0.4, -0.2) is 25.5 Å². The zero-order chi connectivity index (χ0) is 22.4. The van der Waals surface area contributed by atoms with E-state index in [1.54, 1.807) is 22.8 Å². The van der Waals surface area contributed by atoms with Crippen LogP contribution in [0.4, 0.5) is 0 Å². The monoisotopic (exact) mass is 430 g/mol. The largest absolute Gasteiger partial charge is 0.392 e. The van der Waals surface area contributed by atoms with Crippen molar-refractivity contribution in [2.45, 2.75) is 45.4 Å². The van der Waals surface area contributed by atoms with Crippen molar-refractivity contribution in [2.75, 3.05) is 0 Å². The molecule has 1 amide bonds. The summed E-state index contributed by atoms with van der Waals surface area (Å²) in [7, 11) is 0. The van der Waals surface area contributed by atoms with E-state index in [1.807, 2.05) is 30.5 Å². The molecule has 7 heteroatoms. The number of aliphatic hydroxyl groups is 1. The molecule has 3 N–H and O–H groups in total. The third-order valence-electron chi connectivity index (χ3n) is 6.21. The summed E-state index contributed by atoms with van der Waals surface area (Å²) in [5, 5.41) is 14.1. The fourth-order valence-electron chi connectivity index (χ4n) is 4.69. The van der Waals surface area contributed by atoms with Gasteiger partial charge < -0.3 is 15.4 Å². The first-order chi connectivity index (χ1) is 15.5. The predicted octanol–water partition coefficient (Wildman–Crippen LogP) is 3.37. The van der Waals surface area contributed by atoms with Crippen molar-refractivity contribution in [1.82, 2.24) is 19.9 Å². The standard InChI is InChI=1S/C25H26N4O3/c1-14(2)9-21-23-27-20-8-7-15(13-30)10-18(20)25(32)29(23)22(24(31)28-21)11-16-12-26-19-6-4-3-5-17(16)19/h3-8,10,12,14,21-22,26,30H,9,11,13H2,1-2H3,(H,28,31)/t21-,22+/m0/s1. The van der Waals surface area contributed by atoms with E-state index in [0.29, 0.717) is 41.1 Å². The average Bonchev–Trinajstić information content (AvgIpc) is 3.19. The number of para-hydroxylation sites is 1. The van der Waals surface area contributed by atoms with Gasteiger partial charge >= 0.3 is 0 Å². The molecule has 0 radical (unpaired) electrons. The van der Waals surface area contributed by atoms with Crippen molar-refractivity contribution in [3.63, 3.8) is 0 Å². The van der Waals surface area contributed by atoms with Crippen molar-refractivity contribution >= 4 is 27.7 Å². The number of aliphatic hydroxyl groups excluding tert-OH is 1. The van der Waals surface area contributed by atoms with Gasteiger partial charge in [0.25, 0.3) is 5.56 Å². The first-order valence-corrected chi connectivity index (χ1v) is 11.0. The van der Waals surface area contributed by atoms with Gasteiger partial charge in [-0.25, -0.2) is 4.98 Å². The fourth-order valence-corrected chi connectivity index (χ4v) is 4.69. The van der Waals surface area contributed by atoms with Crippen molar-refractivity contribution < 1.29 is 9.90 Å². The molecule has 0 saturated heterocycles. The number of aromatic amines is 1. The molecule has 2 aromatic carbocycles. The Morgan fingerprint density at radius 1 is 1.12 bits per heavy atom. The predicted molar refractivity (Wildman–Crippen MR) is 123 cm³/mol. The summed E-state index contributed by atoms with van der Waals surface area (Å²) in [6, 6.07) is 12.1. The molecule has 3 heterocycles. The quantitative estimate of drug-likeness (QED) is 0.452. The van der Waals surface area contributed by atoms with E-state index < -0.39 is 6.04 Å². The van der Waals surface area contributed by atoms with Gasteiger partial charge in [-0.05, 0) is 41.7 Å². The van der Waals surface area contributed by atoms with Gasteiger partial charge in [-0.3, -0.25) is 14.2 Å². The number of fused-ring (bicyclic) bond motifs is 3. The minimum Gasteiger partial charge on any atom is -0.392 e. The van der Waals surface area contributed by atoms with Gasteiger partial charge in [0.15, 0.2) is 0 Å². The summed E-state index contributed by atoms with van der Waals surface area (Å²) in [6.45, 7) is 4.01. The van der Waals surface area contributed by atoms with E-state index in [9.17, 15) is 14.7 Å². The number of carbonyl (C=O) groups is 1. The second kappa shape index (κ2) is 7.91. The highest BCUT2D eigenvalue weighted by atomic mass is 16.3. The molecule has 1 aliphatic heterocycles. The zero-order valence-electron chi connectivity index (χ0n) is 18.1. The molecule has 32 heavy (non-hydrogen) atoms. The third kappa shape index (κ3) is 3.39. The molecule has 2 atom stereocenters. The Labute approximate surface area is 185 Å². The number of rotatable bonds is 5. The van der Waals surface area contributed by atoms with Crippen molar-refractivity contribution in [3.8, 4) is 0 Å². The van der Waals surface area contributed by atoms with E-state index in [0.717, 1.165) is 16.5 Å². The van der Waals surface area contributed by atoms with Crippen molar-refractivity contribution in [2.24, 2.45) is 5.92 Å². The molecule has 4 aromatic rings. The van der Waals surface area contributed by atoms with E-state index >= 15 is 0 Å². The van der Waals surface area contributed by atoms with Crippen LogP contribution in [0, 0.1) is 5.92 Å². The zero-order valence-corrected chi connectivity index (χ0v) is 18.1. The van der Waals surface area contributed by atoms with E-state index in [-0.39, 0.29) is 24.1 Å². The van der Waals surface area contributed by atoms with Crippen LogP contribution in [-0.2, 0) is 17.8 Å². The number of aromatic nitrogens is 3. The highest BCUT2D eigenvalue weighted by Crippen LogP contribution is 2.31. The van der Waals surface area contributed by atoms with Crippen LogP contribution >= 0.6 is 0 Å². The van der Waals surface area contributed by atoms with Crippen LogP contribution in [0.3, 0.4) is 0 Å². The lowest BCUT2D eigenvalue weighted by atomic mass is 9.96. The Hall–Kier alpha value is -3.45. The fraction of sp³-hybridized carbons (Fsp3) is 0.320. The molecular formula is C25H26N4O3. The van der Waals surface area contributed by atoms with Crippen molar-refractivity contribution in [3.05, 3.63) is 76.0 Å². The maximum atomic E-state index is 13.7. The number of benzene rings is 2. The summed E-state index contributed by atoms with van der Waals surface area (Å²) >= 11 is 0. The molecule has 0 spiro atoms. The normalized spacial score (nSPS) is 18.3. The summed E-state index contributed by atoms with van der Waals surface area (Å²) in [5.41, 5.74) is 2.95. The maximum Gasteiger partial charge on any atom is 0.262 e. The lowest BCUT2D eigenvalue weighted by molar-refractivity contribution is -0.126. The second-order valence-corrected chi connectivity index (χ2v) is 8.92. The van der Waals surface area contributed by atoms with Gasteiger partial charge in [0.2, 0.25) is 5.91 Å². The number of nitrogens with one attached hydrogen (secondary N) is 2. The lowest BCUT2D eigenvalue weighted by Gasteiger charge is -2.33. The van der Waals surface area contributed by atoms with Crippen molar-refractivity contribution in [1.29, 1.82) is 0 Å². The second-order valence-electron chi connectivity index (χ2n) is 8.92. The van der Waals surface area contributed by atoms with E-state index in [1.165, 1.54) is 0 Å². The van der Waals surface area contributed by atoms with Crippen LogP contribution in [0.15, 0.2) is 53.5 Å². The Balaban J connectivity index is 1.69. The number of H-pyrrole nitrogens is 1. The molecule has 0 unspecified atom stereocenters. The van der Waals surface area contributed by atoms with Gasteiger partial charge in [0.1, 0.15) is 11.9 Å². The Morgan fingerprint density at radius 2 is 1.94 bits per heavy atom. The van der Waals surface area contributed by atoms with Gasteiger partial charge in [-0.1, -0.05) is 38.1 Å². The summed E-state index contributed by atoms with van der Waals surface area (Å²) in [4.78, 5) is 35.0. The molecule has 0 bridgehead atoms. The molecule has 7 nitrogen and oxygen atoms in total. The number of nitrogens with zero attached hydrogens (tertiary/aromatic N) is 2. The minimum absolute atomic E-state index is 0.160. The van der Waals surface area contributed by atoms with E-state index in [2.05, 4.69) is 24.1 Å². The highest BCUT2D eigenvalue weighted by molar-refractivity contribution is 5.87. The lowest BCUT2D eigenvalue weighted by Crippen LogP contribution is -2.48. The van der Waals surface area contributed by atoms with Crippen LogP contribution in [0.1, 0.15) is 49.3 Å². The highest BCUT2D eigenvalue weighted by Gasteiger charge is 2.36. The van der Waals surface area contributed by atoms with Crippen LogP contribution in [0.5, 0.6) is 0 Å². The molecular weight excluding hydrogens is 404 g/mol. The Kier molecular flexibility index (Phi) is 5.06. The Morgan fingerprint density at radius 3 is 2.72 bits per heavy atom. The number of hydrogen-bond acceptors (Lipinski definition) is 4. The molecule has 5 rings (SSSR count). The topological polar surface area (TPSA) is 100 Å². The van der Waals surface area contributed by atoms with Crippen LogP contribution in [0.2, 0.25) is 0 Å². The van der Waals surface area contributed by atoms with E-state index in [4.69, 9.17) is 4.98 Å². The van der Waals surface area contributed by atoms with Crippen LogP contribution < -0.4 is 10.9 Å². The summed E-state index contributed by atoms with van der Waals surface area (Å²) in [5.74, 6) is 0.746. The molecule has 2 aromatic heterocycles. The maximum absolute atomic E-state index is 13.7. The number of carbonyl (C=O) groups excluding carboxylic acids is 1. The SMILES string of the molecule is CC(C)C[C@@H]1NC(=O)[C@@H](Cc2c[nH]c3ccccc23)n2c1nc1ccc(CO)cc1c2=O. The van der Waals surface area contributed by atoms with Gasteiger partial charge in [-0.2, -0.15) is 0 Å². The molecule has 1 aliphatic rings. The average molecular weight is 431 g/mol. The van der Waals surface area contributed by atoms with Gasteiger partial charge in [-0.15, -0.1) is 0 Å². The van der Waals surface area contributed by atoms with Gasteiger partial charge in [0, 0.05) is 23.5 Å². The number of hydrogen-bond donors (Lipinski definition) is 3. The first kappa shape index (κ1) is 20.5. The first-order valence-electron chi connectivity index (χ1n) is 11.0. The van der Waals surface area contributed by atoms with Crippen LogP contribution in [0.25, 0.3) is 21.8 Å². The summed E-state index contributed by atoms with van der Waals surface area (Å²) in [6.07, 6.45) is 2.98. The Bertz CT molecular complexity index is 1390. The minimum atomic E-state index is -0.699. The molecule has 0 fully saturated rings. The third-order valence-corrected chi connectivity index (χ3v) is 6.21. The number of amides is 1.